The van der Waals surface area contributed by atoms with E-state index in [4.69, 9.17) is 23.2 Å². The molecule has 2 aliphatic heterocycles. The first-order valence-corrected chi connectivity index (χ1v) is 18.6. The standard InChI is InChI=1S/C41H28Cl2F6N4O6/c1-2-19-3-9-23(10-4-19)52-35(55)26-13-12-25-27(32(26)37(52)57)17-29-36(56)53(51-34-30(43)15-21(18-50-34)40(44,45)46)38(58)39(29,20-5-7-22(42)8-6-20)33(25)28-16-24(11-14-31(28)54)59-41(47,48)49/h2-12,14-16,18,26-27,29,32-33,54H,1,13,17H2,(H,50,51). The number of nitrogens with one attached hydrogen (secondary N) is 1. The van der Waals surface area contributed by atoms with Crippen molar-refractivity contribution in [3.8, 4) is 11.5 Å². The Morgan fingerprint density at radius 1 is 0.898 bits per heavy atom. The molecule has 10 nitrogen and oxygen atoms in total. The zero-order valence-corrected chi connectivity index (χ0v) is 31.5. The van der Waals surface area contributed by atoms with Crippen LogP contribution in [0.2, 0.25) is 10.0 Å². The Bertz CT molecular complexity index is 2480. The summed E-state index contributed by atoms with van der Waals surface area (Å²) in [5.41, 5.74) is 0.195. The number of fused-ring (bicyclic) bond motifs is 4. The first kappa shape index (κ1) is 39.9. The summed E-state index contributed by atoms with van der Waals surface area (Å²) in [6.07, 6.45) is -6.74. The Kier molecular flexibility index (Phi) is 9.58. The van der Waals surface area contributed by atoms with Crippen molar-refractivity contribution in [2.75, 3.05) is 10.3 Å². The molecule has 0 bridgehead atoms. The Balaban J connectivity index is 1.33. The number of ether oxygens (including phenoxy) is 1. The SMILES string of the molecule is C=Cc1ccc(N2C(=O)C3CC=C4C(CC5C(=O)N(Nc6ncc(C(F)(F)F)cc6Cl)C(=O)C5(c5ccc(Cl)cc5)C4c4cc(OC(F)(F)F)ccc4O)C3C2=O)cc1. The maximum atomic E-state index is 15.3. The number of aromatic nitrogens is 1. The number of aromatic hydroxyl groups is 1. The highest BCUT2D eigenvalue weighted by Gasteiger charge is 2.71. The second kappa shape index (κ2) is 14.2. The van der Waals surface area contributed by atoms with E-state index in [1.54, 1.807) is 36.4 Å². The van der Waals surface area contributed by atoms with E-state index in [0.29, 0.717) is 17.3 Å². The molecule has 304 valence electrons. The van der Waals surface area contributed by atoms with Gasteiger partial charge in [-0.25, -0.2) is 4.98 Å². The molecule has 1 aromatic heterocycles. The lowest BCUT2D eigenvalue weighted by Gasteiger charge is -2.50. The van der Waals surface area contributed by atoms with E-state index in [1.807, 2.05) is 0 Å². The van der Waals surface area contributed by atoms with Crippen LogP contribution in [0.15, 0.2) is 97.2 Å². The van der Waals surface area contributed by atoms with Crippen LogP contribution in [-0.2, 0) is 30.8 Å². The Morgan fingerprint density at radius 2 is 1.59 bits per heavy atom. The number of alkyl halides is 6. The Hall–Kier alpha value is -5.87. The molecule has 1 saturated carbocycles. The first-order chi connectivity index (χ1) is 27.8. The Morgan fingerprint density at radius 3 is 2.22 bits per heavy atom. The number of rotatable bonds is 7. The molecule has 6 atom stereocenters. The number of carbonyl (C=O) groups is 4. The minimum atomic E-state index is -5.19. The number of phenolic OH excluding ortho intramolecular Hbond substituents is 1. The van der Waals surface area contributed by atoms with Crippen molar-refractivity contribution >= 4 is 64.4 Å². The number of allylic oxidation sites excluding steroid dienone is 2. The third-order valence-corrected chi connectivity index (χ3v) is 12.0. The number of hydrogen-bond acceptors (Lipinski definition) is 8. The van der Waals surface area contributed by atoms with Gasteiger partial charge in [-0.2, -0.15) is 18.2 Å². The molecule has 59 heavy (non-hydrogen) atoms. The van der Waals surface area contributed by atoms with Crippen LogP contribution in [0, 0.1) is 23.7 Å². The molecule has 4 aliphatic rings. The molecule has 3 heterocycles. The quantitative estimate of drug-likeness (QED) is 0.107. The highest BCUT2D eigenvalue weighted by molar-refractivity contribution is 6.33. The molecule has 3 aromatic carbocycles. The number of halogens is 8. The molecular weight excluding hydrogens is 829 g/mol. The maximum absolute atomic E-state index is 15.3. The van der Waals surface area contributed by atoms with Crippen LogP contribution in [0.1, 0.15) is 41.0 Å². The van der Waals surface area contributed by atoms with Crippen molar-refractivity contribution in [2.45, 2.75) is 36.7 Å². The van der Waals surface area contributed by atoms with Crippen LogP contribution >= 0.6 is 23.2 Å². The summed E-state index contributed by atoms with van der Waals surface area (Å²) in [6.45, 7) is 3.72. The normalized spacial score (nSPS) is 25.4. The van der Waals surface area contributed by atoms with Gasteiger partial charge < -0.3 is 9.84 Å². The fourth-order valence-corrected chi connectivity index (χ4v) is 9.44. The lowest BCUT2D eigenvalue weighted by atomic mass is 9.49. The van der Waals surface area contributed by atoms with Gasteiger partial charge in [0.05, 0.1) is 39.4 Å². The van der Waals surface area contributed by atoms with Gasteiger partial charge in [-0.05, 0) is 78.4 Å². The molecule has 2 N–H and O–H groups in total. The molecule has 18 heteroatoms. The van der Waals surface area contributed by atoms with Crippen LogP contribution in [0.4, 0.5) is 37.8 Å². The van der Waals surface area contributed by atoms with Crippen molar-refractivity contribution in [3.05, 3.63) is 130 Å². The minimum Gasteiger partial charge on any atom is -0.508 e. The smallest absolute Gasteiger partial charge is 0.508 e. The number of amides is 4. The van der Waals surface area contributed by atoms with Crippen LogP contribution in [0.3, 0.4) is 0 Å². The number of nitrogens with zero attached hydrogens (tertiary/aromatic N) is 3. The van der Waals surface area contributed by atoms with Crippen molar-refractivity contribution in [3.63, 3.8) is 0 Å². The fourth-order valence-electron chi connectivity index (χ4n) is 9.10. The zero-order valence-electron chi connectivity index (χ0n) is 30.0. The number of hydrogen-bond donors (Lipinski definition) is 2. The van der Waals surface area contributed by atoms with E-state index >= 15 is 4.79 Å². The average Bonchev–Trinajstić information content (AvgIpc) is 3.56. The minimum absolute atomic E-state index is 0.0606. The van der Waals surface area contributed by atoms with Crippen LogP contribution in [-0.4, -0.2) is 45.1 Å². The highest BCUT2D eigenvalue weighted by Crippen LogP contribution is 2.65. The van der Waals surface area contributed by atoms with E-state index in [0.717, 1.165) is 28.7 Å². The number of imide groups is 2. The first-order valence-electron chi connectivity index (χ1n) is 17.9. The summed E-state index contributed by atoms with van der Waals surface area (Å²) in [4.78, 5) is 63.5. The molecule has 2 saturated heterocycles. The van der Waals surface area contributed by atoms with Crippen molar-refractivity contribution in [1.82, 2.24) is 9.99 Å². The summed E-state index contributed by atoms with van der Waals surface area (Å²) in [5, 5.41) is 11.6. The van der Waals surface area contributed by atoms with Crippen LogP contribution < -0.4 is 15.1 Å². The second-order valence-electron chi connectivity index (χ2n) is 14.5. The number of carbonyl (C=O) groups excluding carboxylic acids is 4. The zero-order chi connectivity index (χ0) is 42.3. The predicted molar refractivity (Wildman–Crippen MR) is 201 cm³/mol. The molecule has 8 rings (SSSR count). The largest absolute Gasteiger partial charge is 0.573 e. The van der Waals surface area contributed by atoms with Gasteiger partial charge in [0.2, 0.25) is 11.8 Å². The van der Waals surface area contributed by atoms with Gasteiger partial charge in [0, 0.05) is 22.7 Å². The number of benzene rings is 3. The Labute approximate surface area is 340 Å². The van der Waals surface area contributed by atoms with Crippen molar-refractivity contribution in [1.29, 1.82) is 0 Å². The number of hydrazine groups is 1. The van der Waals surface area contributed by atoms with E-state index in [-0.39, 0.29) is 40.3 Å². The molecule has 2 aliphatic carbocycles. The third kappa shape index (κ3) is 6.49. The van der Waals surface area contributed by atoms with Gasteiger partial charge in [0.25, 0.3) is 11.8 Å². The molecule has 0 radical (unpaired) electrons. The summed E-state index contributed by atoms with van der Waals surface area (Å²) in [5.74, 6) is -11.1. The molecular formula is C41H28Cl2F6N4O6. The topological polar surface area (TPSA) is 129 Å². The van der Waals surface area contributed by atoms with Crippen molar-refractivity contribution in [2.24, 2.45) is 23.7 Å². The van der Waals surface area contributed by atoms with Crippen LogP contribution in [0.25, 0.3) is 6.08 Å². The molecule has 6 unspecified atom stereocenters. The predicted octanol–water partition coefficient (Wildman–Crippen LogP) is 8.84. The van der Waals surface area contributed by atoms with Gasteiger partial charge in [-0.1, -0.05) is 71.8 Å². The summed E-state index contributed by atoms with van der Waals surface area (Å²) < 4.78 is 85.6. The monoisotopic (exact) mass is 856 g/mol. The fraction of sp³-hybridized carbons (Fsp3) is 0.244. The average molecular weight is 858 g/mol. The lowest BCUT2D eigenvalue weighted by molar-refractivity contribution is -0.274. The van der Waals surface area contributed by atoms with Crippen LogP contribution in [0.5, 0.6) is 11.5 Å². The molecule has 4 amide bonds. The van der Waals surface area contributed by atoms with E-state index < -0.39 is 99.1 Å². The van der Waals surface area contributed by atoms with Crippen molar-refractivity contribution < 1.29 is 55.4 Å². The number of pyridine rings is 1. The summed E-state index contributed by atoms with van der Waals surface area (Å²) in [7, 11) is 0. The molecule has 3 fully saturated rings. The number of phenols is 1. The summed E-state index contributed by atoms with van der Waals surface area (Å²) >= 11 is 12.5. The third-order valence-electron chi connectivity index (χ3n) is 11.5. The molecule has 4 aromatic rings. The van der Waals surface area contributed by atoms with E-state index in [1.165, 1.54) is 24.3 Å². The van der Waals surface area contributed by atoms with Gasteiger partial charge in [-0.15, -0.1) is 13.2 Å². The van der Waals surface area contributed by atoms with E-state index in [9.17, 15) is 45.8 Å². The van der Waals surface area contributed by atoms with Gasteiger partial charge in [0.1, 0.15) is 11.5 Å². The van der Waals surface area contributed by atoms with Gasteiger partial charge in [-0.3, -0.25) is 29.5 Å². The lowest BCUT2D eigenvalue weighted by Crippen LogP contribution is -2.53. The maximum Gasteiger partial charge on any atom is 0.573 e. The van der Waals surface area contributed by atoms with Gasteiger partial charge >= 0.3 is 12.5 Å². The second-order valence-corrected chi connectivity index (χ2v) is 15.3. The van der Waals surface area contributed by atoms with Gasteiger partial charge in [0.15, 0.2) is 5.82 Å². The molecule has 0 spiro atoms. The summed E-state index contributed by atoms with van der Waals surface area (Å²) in [6, 6.07) is 15.4. The highest BCUT2D eigenvalue weighted by atomic mass is 35.5. The number of anilines is 2. The van der Waals surface area contributed by atoms with E-state index in [2.05, 4.69) is 21.7 Å².